The van der Waals surface area contributed by atoms with Gasteiger partial charge in [-0.2, -0.15) is 9.47 Å². The Morgan fingerprint density at radius 1 is 1.06 bits per heavy atom. The van der Waals surface area contributed by atoms with E-state index < -0.39 is 0 Å². The van der Waals surface area contributed by atoms with E-state index in [1.54, 1.807) is 6.20 Å². The van der Waals surface area contributed by atoms with E-state index in [1.807, 2.05) is 69.0 Å². The molecule has 0 atom stereocenters. The van der Waals surface area contributed by atoms with Crippen molar-refractivity contribution in [3.05, 3.63) is 71.8 Å². The standard InChI is InChI=1S/C20H18N8S.C2H6/c1-12-3-4-15(21-7-12)5-16-6-18(29-27-16)26-19-20-22-10-17(14-8-23-24-9-14)28(20)11-13(2)25-19;1-2/h3-4,6-11H,5H2,1-2H3,(H,23,24)(H,25,26);1-2H3. The lowest BCUT2D eigenvalue weighted by molar-refractivity contribution is 1.04. The second-order valence-electron chi connectivity index (χ2n) is 6.87. The smallest absolute Gasteiger partial charge is 0.180 e. The van der Waals surface area contributed by atoms with Crippen LogP contribution in [0, 0.1) is 13.8 Å². The van der Waals surface area contributed by atoms with Crippen LogP contribution in [0.2, 0.25) is 0 Å². The van der Waals surface area contributed by atoms with Crippen LogP contribution in [-0.2, 0) is 6.42 Å². The third-order valence-electron chi connectivity index (χ3n) is 4.54. The summed E-state index contributed by atoms with van der Waals surface area (Å²) in [5.74, 6) is 0.698. The fourth-order valence-electron chi connectivity index (χ4n) is 3.16. The fraction of sp³-hybridized carbons (Fsp3) is 0.227. The summed E-state index contributed by atoms with van der Waals surface area (Å²) in [7, 11) is 0. The minimum atomic E-state index is 0.698. The number of aromatic amines is 1. The van der Waals surface area contributed by atoms with Gasteiger partial charge in [0.25, 0.3) is 0 Å². The van der Waals surface area contributed by atoms with Crippen LogP contribution in [-0.4, -0.2) is 33.9 Å². The molecule has 0 aliphatic rings. The van der Waals surface area contributed by atoms with E-state index in [9.17, 15) is 0 Å². The molecule has 0 bridgehead atoms. The molecule has 0 fully saturated rings. The SMILES string of the molecule is CC.Cc1ccc(Cc2cc(Nc3nc(C)cn4c(-c5cn[nH]c5)cnc34)sn2)nc1. The Bertz CT molecular complexity index is 1270. The quantitative estimate of drug-likeness (QED) is 0.408. The number of nitrogens with one attached hydrogen (secondary N) is 2. The largest absolute Gasteiger partial charge is 0.328 e. The van der Waals surface area contributed by atoms with E-state index in [0.29, 0.717) is 12.2 Å². The molecule has 0 aliphatic heterocycles. The summed E-state index contributed by atoms with van der Waals surface area (Å²) >= 11 is 1.40. The first kappa shape index (κ1) is 20.7. The minimum Gasteiger partial charge on any atom is -0.328 e. The van der Waals surface area contributed by atoms with Crippen LogP contribution in [0.5, 0.6) is 0 Å². The summed E-state index contributed by atoms with van der Waals surface area (Å²) in [6, 6.07) is 6.14. The molecule has 158 valence electrons. The summed E-state index contributed by atoms with van der Waals surface area (Å²) < 4.78 is 6.57. The van der Waals surface area contributed by atoms with Gasteiger partial charge in [-0.3, -0.25) is 14.5 Å². The third kappa shape index (κ3) is 4.46. The number of fused-ring (bicyclic) bond motifs is 1. The van der Waals surface area contributed by atoms with Crippen molar-refractivity contribution in [3.8, 4) is 11.3 Å². The molecule has 0 aliphatic carbocycles. The lowest BCUT2D eigenvalue weighted by atomic mass is 10.2. The molecule has 0 saturated heterocycles. The van der Waals surface area contributed by atoms with Crippen LogP contribution in [0.3, 0.4) is 0 Å². The predicted octanol–water partition coefficient (Wildman–Crippen LogP) is 4.95. The van der Waals surface area contributed by atoms with Crippen LogP contribution in [0.15, 0.2) is 49.2 Å². The van der Waals surface area contributed by atoms with Crippen LogP contribution >= 0.6 is 11.5 Å². The second kappa shape index (κ2) is 9.05. The number of hydrogen-bond acceptors (Lipinski definition) is 7. The molecule has 31 heavy (non-hydrogen) atoms. The molecule has 0 unspecified atom stereocenters. The topological polar surface area (TPSA) is 96.7 Å². The predicted molar refractivity (Wildman–Crippen MR) is 124 cm³/mol. The number of aromatic nitrogens is 7. The second-order valence-corrected chi connectivity index (χ2v) is 7.67. The van der Waals surface area contributed by atoms with Crippen molar-refractivity contribution in [2.45, 2.75) is 34.1 Å². The molecule has 8 nitrogen and oxygen atoms in total. The maximum Gasteiger partial charge on any atom is 0.180 e. The first-order valence-electron chi connectivity index (χ1n) is 10.1. The van der Waals surface area contributed by atoms with Crippen molar-refractivity contribution in [3.63, 3.8) is 0 Å². The molecule has 0 amide bonds. The zero-order chi connectivity index (χ0) is 21.8. The molecule has 0 radical (unpaired) electrons. The number of pyridine rings is 1. The molecule has 5 aromatic rings. The summed E-state index contributed by atoms with van der Waals surface area (Å²) in [5, 5.41) is 11.2. The van der Waals surface area contributed by atoms with Crippen molar-refractivity contribution < 1.29 is 0 Å². The number of aryl methyl sites for hydroxylation is 2. The van der Waals surface area contributed by atoms with Crippen LogP contribution in [0.1, 0.15) is 36.5 Å². The van der Waals surface area contributed by atoms with Crippen molar-refractivity contribution in [1.29, 1.82) is 0 Å². The number of rotatable bonds is 5. The summed E-state index contributed by atoms with van der Waals surface area (Å²) in [4.78, 5) is 13.7. The van der Waals surface area contributed by atoms with Crippen molar-refractivity contribution in [1.82, 2.24) is 33.9 Å². The Morgan fingerprint density at radius 3 is 2.68 bits per heavy atom. The van der Waals surface area contributed by atoms with Crippen molar-refractivity contribution in [2.24, 2.45) is 0 Å². The summed E-state index contributed by atoms with van der Waals surface area (Å²) in [5.41, 5.74) is 6.69. The number of hydrogen-bond donors (Lipinski definition) is 2. The number of nitrogens with zero attached hydrogens (tertiary/aromatic N) is 6. The Hall–Kier alpha value is -3.59. The van der Waals surface area contributed by atoms with Crippen LogP contribution in [0.25, 0.3) is 16.9 Å². The normalized spacial score (nSPS) is 10.7. The van der Waals surface area contributed by atoms with E-state index in [4.69, 9.17) is 0 Å². The van der Waals surface area contributed by atoms with Gasteiger partial charge in [0, 0.05) is 36.3 Å². The zero-order valence-electron chi connectivity index (χ0n) is 17.9. The van der Waals surface area contributed by atoms with Gasteiger partial charge in [-0.15, -0.1) is 0 Å². The van der Waals surface area contributed by atoms with Gasteiger partial charge in [0.1, 0.15) is 5.00 Å². The van der Waals surface area contributed by atoms with Gasteiger partial charge in [-0.05, 0) is 43.1 Å². The summed E-state index contributed by atoms with van der Waals surface area (Å²) in [6.07, 6.45) is 10.00. The molecule has 2 N–H and O–H groups in total. The van der Waals surface area contributed by atoms with Gasteiger partial charge < -0.3 is 5.32 Å². The van der Waals surface area contributed by atoms with Crippen LogP contribution in [0.4, 0.5) is 10.8 Å². The van der Waals surface area contributed by atoms with E-state index >= 15 is 0 Å². The highest BCUT2D eigenvalue weighted by atomic mass is 32.1. The first-order valence-corrected chi connectivity index (χ1v) is 10.9. The number of imidazole rings is 1. The Kier molecular flexibility index (Phi) is 6.03. The maximum atomic E-state index is 4.64. The summed E-state index contributed by atoms with van der Waals surface area (Å²) in [6.45, 7) is 8.00. The van der Waals surface area contributed by atoms with Gasteiger partial charge in [-0.25, -0.2) is 9.97 Å². The first-order chi connectivity index (χ1) is 15.2. The average Bonchev–Trinajstić information content (AvgIpc) is 3.52. The molecule has 0 aromatic carbocycles. The molecule has 5 heterocycles. The van der Waals surface area contributed by atoms with Crippen molar-refractivity contribution >= 4 is 28.0 Å². The molecule has 9 heteroatoms. The van der Waals surface area contributed by atoms with Crippen LogP contribution < -0.4 is 5.32 Å². The van der Waals surface area contributed by atoms with E-state index in [0.717, 1.165) is 44.6 Å². The van der Waals surface area contributed by atoms with Gasteiger partial charge in [-0.1, -0.05) is 19.9 Å². The molecular formula is C22H24N8S. The molecule has 0 spiro atoms. The molecule has 0 saturated carbocycles. The zero-order valence-corrected chi connectivity index (χ0v) is 18.7. The van der Waals surface area contributed by atoms with Gasteiger partial charge >= 0.3 is 0 Å². The fourth-order valence-corrected chi connectivity index (χ4v) is 3.82. The third-order valence-corrected chi connectivity index (χ3v) is 5.28. The monoisotopic (exact) mass is 432 g/mol. The molecular weight excluding hydrogens is 408 g/mol. The van der Waals surface area contributed by atoms with E-state index in [-0.39, 0.29) is 0 Å². The van der Waals surface area contributed by atoms with Gasteiger partial charge in [0.05, 0.1) is 29.5 Å². The Morgan fingerprint density at radius 2 is 1.94 bits per heavy atom. The lowest BCUT2D eigenvalue weighted by Crippen LogP contribution is -2.00. The highest BCUT2D eigenvalue weighted by molar-refractivity contribution is 7.10. The van der Waals surface area contributed by atoms with Gasteiger partial charge in [0.2, 0.25) is 0 Å². The Balaban J connectivity index is 0.00000112. The maximum absolute atomic E-state index is 4.64. The minimum absolute atomic E-state index is 0.698. The van der Waals surface area contributed by atoms with Crippen molar-refractivity contribution in [2.75, 3.05) is 5.32 Å². The number of anilines is 2. The lowest BCUT2D eigenvalue weighted by Gasteiger charge is -2.07. The van der Waals surface area contributed by atoms with E-state index in [1.165, 1.54) is 11.5 Å². The molecule has 5 aromatic heterocycles. The molecule has 5 rings (SSSR count). The Labute approximate surface area is 184 Å². The van der Waals surface area contributed by atoms with E-state index in [2.05, 4.69) is 40.9 Å². The highest BCUT2D eigenvalue weighted by Gasteiger charge is 2.14. The number of H-pyrrole nitrogens is 1. The highest BCUT2D eigenvalue weighted by Crippen LogP contribution is 2.27. The average molecular weight is 433 g/mol. The van der Waals surface area contributed by atoms with Gasteiger partial charge in [0.15, 0.2) is 11.5 Å².